The van der Waals surface area contributed by atoms with E-state index in [1.54, 1.807) is 0 Å². The molecule has 1 fully saturated rings. The van der Waals surface area contributed by atoms with E-state index in [1.165, 1.54) is 44.1 Å². The van der Waals surface area contributed by atoms with Crippen LogP contribution in [0.1, 0.15) is 52.4 Å². The van der Waals surface area contributed by atoms with E-state index in [1.807, 2.05) is 0 Å². The van der Waals surface area contributed by atoms with Crippen LogP contribution in [0.25, 0.3) is 0 Å². The summed E-state index contributed by atoms with van der Waals surface area (Å²) < 4.78 is 0. The smallest absolute Gasteiger partial charge is 0.0326 e. The molecule has 1 aliphatic carbocycles. The third-order valence-electron chi connectivity index (χ3n) is 3.22. The third-order valence-corrected chi connectivity index (χ3v) is 3.22. The second kappa shape index (κ2) is 4.69. The van der Waals surface area contributed by atoms with E-state index >= 15 is 0 Å². The fourth-order valence-electron chi connectivity index (χ4n) is 2.32. The van der Waals surface area contributed by atoms with E-state index in [4.69, 9.17) is 0 Å². The SMILES string of the molecule is C=C(C)CCCC1CCCC1C. The van der Waals surface area contributed by atoms with Gasteiger partial charge in [-0.25, -0.2) is 0 Å². The second-order valence-electron chi connectivity index (χ2n) is 4.52. The van der Waals surface area contributed by atoms with Crippen LogP contribution in [-0.4, -0.2) is 0 Å². The highest BCUT2D eigenvalue weighted by molar-refractivity contribution is 4.88. The zero-order valence-electron chi connectivity index (χ0n) is 8.60. The molecule has 0 aromatic heterocycles. The lowest BCUT2D eigenvalue weighted by Gasteiger charge is -2.14. The minimum absolute atomic E-state index is 0.995. The minimum Gasteiger partial charge on any atom is -0.100 e. The van der Waals surface area contributed by atoms with Gasteiger partial charge in [-0.05, 0) is 38.0 Å². The molecule has 12 heavy (non-hydrogen) atoms. The van der Waals surface area contributed by atoms with E-state index in [0.717, 1.165) is 11.8 Å². The van der Waals surface area contributed by atoms with Crippen molar-refractivity contribution in [2.45, 2.75) is 52.4 Å². The first kappa shape index (κ1) is 9.83. The van der Waals surface area contributed by atoms with Gasteiger partial charge in [-0.2, -0.15) is 0 Å². The van der Waals surface area contributed by atoms with E-state index in [2.05, 4.69) is 20.4 Å². The molecule has 2 atom stereocenters. The van der Waals surface area contributed by atoms with Crippen molar-refractivity contribution in [2.75, 3.05) is 0 Å². The van der Waals surface area contributed by atoms with Crippen molar-refractivity contribution in [1.82, 2.24) is 0 Å². The number of allylic oxidation sites excluding steroid dienone is 1. The van der Waals surface area contributed by atoms with Gasteiger partial charge in [-0.15, -0.1) is 6.58 Å². The molecule has 0 nitrogen and oxygen atoms in total. The van der Waals surface area contributed by atoms with Crippen LogP contribution in [0.4, 0.5) is 0 Å². The van der Waals surface area contributed by atoms with Crippen molar-refractivity contribution < 1.29 is 0 Å². The normalized spacial score (nSPS) is 29.2. The summed E-state index contributed by atoms with van der Waals surface area (Å²) >= 11 is 0. The van der Waals surface area contributed by atoms with Gasteiger partial charge in [0.15, 0.2) is 0 Å². The first-order valence-corrected chi connectivity index (χ1v) is 5.34. The Morgan fingerprint density at radius 1 is 1.42 bits per heavy atom. The highest BCUT2D eigenvalue weighted by Crippen LogP contribution is 2.34. The molecule has 1 saturated carbocycles. The molecule has 0 saturated heterocycles. The van der Waals surface area contributed by atoms with Crippen LogP contribution in [0, 0.1) is 11.8 Å². The van der Waals surface area contributed by atoms with Gasteiger partial charge >= 0.3 is 0 Å². The van der Waals surface area contributed by atoms with E-state index in [-0.39, 0.29) is 0 Å². The van der Waals surface area contributed by atoms with Crippen LogP contribution < -0.4 is 0 Å². The maximum atomic E-state index is 3.94. The summed E-state index contributed by atoms with van der Waals surface area (Å²) in [5, 5.41) is 0. The quantitative estimate of drug-likeness (QED) is 0.550. The molecule has 0 radical (unpaired) electrons. The van der Waals surface area contributed by atoms with Crippen molar-refractivity contribution >= 4 is 0 Å². The fourth-order valence-corrected chi connectivity index (χ4v) is 2.32. The van der Waals surface area contributed by atoms with E-state index in [0.29, 0.717) is 0 Å². The van der Waals surface area contributed by atoms with Gasteiger partial charge in [0.1, 0.15) is 0 Å². The van der Waals surface area contributed by atoms with Gasteiger partial charge in [0.05, 0.1) is 0 Å². The average molecular weight is 166 g/mol. The molecule has 0 amide bonds. The average Bonchev–Trinajstić information content (AvgIpc) is 2.36. The summed E-state index contributed by atoms with van der Waals surface area (Å²) in [5.41, 5.74) is 1.35. The van der Waals surface area contributed by atoms with Crippen LogP contribution in [-0.2, 0) is 0 Å². The minimum atomic E-state index is 0.995. The van der Waals surface area contributed by atoms with Crippen molar-refractivity contribution in [3.8, 4) is 0 Å². The van der Waals surface area contributed by atoms with Gasteiger partial charge in [0, 0.05) is 0 Å². The van der Waals surface area contributed by atoms with Crippen LogP contribution >= 0.6 is 0 Å². The van der Waals surface area contributed by atoms with Gasteiger partial charge in [0.25, 0.3) is 0 Å². The van der Waals surface area contributed by atoms with Crippen molar-refractivity contribution in [3.05, 3.63) is 12.2 Å². The first-order valence-electron chi connectivity index (χ1n) is 5.34. The predicted octanol–water partition coefficient (Wildman–Crippen LogP) is 4.17. The van der Waals surface area contributed by atoms with Crippen LogP contribution in [0.3, 0.4) is 0 Å². The summed E-state index contributed by atoms with van der Waals surface area (Å²) in [5.74, 6) is 2.03. The summed E-state index contributed by atoms with van der Waals surface area (Å²) in [4.78, 5) is 0. The van der Waals surface area contributed by atoms with Gasteiger partial charge < -0.3 is 0 Å². The predicted molar refractivity (Wildman–Crippen MR) is 55.2 cm³/mol. The third kappa shape index (κ3) is 3.00. The van der Waals surface area contributed by atoms with Crippen LogP contribution in [0.5, 0.6) is 0 Å². The highest BCUT2D eigenvalue weighted by Gasteiger charge is 2.22. The van der Waals surface area contributed by atoms with E-state index in [9.17, 15) is 0 Å². The number of hydrogen-bond donors (Lipinski definition) is 0. The van der Waals surface area contributed by atoms with Gasteiger partial charge in [-0.1, -0.05) is 31.8 Å². The lowest BCUT2D eigenvalue weighted by Crippen LogP contribution is -2.03. The molecular formula is C12H22. The lowest BCUT2D eigenvalue weighted by molar-refractivity contribution is 0.382. The maximum absolute atomic E-state index is 3.94. The second-order valence-corrected chi connectivity index (χ2v) is 4.52. The Balaban J connectivity index is 2.10. The molecule has 0 aromatic carbocycles. The Bertz CT molecular complexity index is 146. The molecule has 0 spiro atoms. The molecule has 0 N–H and O–H groups in total. The molecule has 0 heterocycles. The van der Waals surface area contributed by atoms with Crippen molar-refractivity contribution in [3.63, 3.8) is 0 Å². The Hall–Kier alpha value is -0.260. The molecule has 70 valence electrons. The fraction of sp³-hybridized carbons (Fsp3) is 0.833. The zero-order valence-corrected chi connectivity index (χ0v) is 8.60. The Morgan fingerprint density at radius 3 is 2.67 bits per heavy atom. The zero-order chi connectivity index (χ0) is 8.97. The highest BCUT2D eigenvalue weighted by atomic mass is 14.3. The largest absolute Gasteiger partial charge is 0.100 e. The standard InChI is InChI=1S/C12H22/c1-10(2)6-4-8-12-9-5-7-11(12)3/h11-12H,1,4-9H2,2-3H3. The van der Waals surface area contributed by atoms with E-state index < -0.39 is 0 Å². The van der Waals surface area contributed by atoms with Crippen LogP contribution in [0.15, 0.2) is 12.2 Å². The van der Waals surface area contributed by atoms with Gasteiger partial charge in [0.2, 0.25) is 0 Å². The Kier molecular flexibility index (Phi) is 3.84. The summed E-state index contributed by atoms with van der Waals surface area (Å²) in [6, 6.07) is 0. The molecule has 1 rings (SSSR count). The molecular weight excluding hydrogens is 144 g/mol. The number of rotatable bonds is 4. The summed E-state index contributed by atoms with van der Waals surface area (Å²) in [6.45, 7) is 8.49. The molecule has 0 heteroatoms. The summed E-state index contributed by atoms with van der Waals surface area (Å²) in [7, 11) is 0. The number of hydrogen-bond acceptors (Lipinski definition) is 0. The van der Waals surface area contributed by atoms with Crippen LogP contribution in [0.2, 0.25) is 0 Å². The Morgan fingerprint density at radius 2 is 2.17 bits per heavy atom. The molecule has 0 aromatic rings. The van der Waals surface area contributed by atoms with Crippen molar-refractivity contribution in [2.24, 2.45) is 11.8 Å². The van der Waals surface area contributed by atoms with Gasteiger partial charge in [-0.3, -0.25) is 0 Å². The molecule has 1 aliphatic rings. The first-order chi connectivity index (χ1) is 5.70. The van der Waals surface area contributed by atoms with Crippen molar-refractivity contribution in [1.29, 1.82) is 0 Å². The summed E-state index contributed by atoms with van der Waals surface area (Å²) in [6.07, 6.45) is 8.47. The molecule has 0 aliphatic heterocycles. The lowest BCUT2D eigenvalue weighted by atomic mass is 9.92. The Labute approximate surface area is 77.1 Å². The topological polar surface area (TPSA) is 0 Å². The monoisotopic (exact) mass is 166 g/mol. The molecule has 2 unspecified atom stereocenters. The maximum Gasteiger partial charge on any atom is -0.0326 e. The molecule has 0 bridgehead atoms.